The molecule has 0 amide bonds. The Labute approximate surface area is 87.1 Å². The van der Waals surface area contributed by atoms with Crippen LogP contribution in [0.1, 0.15) is 27.2 Å². The van der Waals surface area contributed by atoms with Gasteiger partial charge in [0.1, 0.15) is 0 Å². The monoisotopic (exact) mass is 303 g/mol. The minimum Gasteiger partial charge on any atom is -0.147 e. The van der Waals surface area contributed by atoms with E-state index in [-0.39, 0.29) is 12.4 Å². The molecule has 0 saturated heterocycles. The summed E-state index contributed by atoms with van der Waals surface area (Å²) in [5.41, 5.74) is 5.91. The van der Waals surface area contributed by atoms with Crippen LogP contribution in [0.5, 0.6) is 0 Å². The fourth-order valence-corrected chi connectivity index (χ4v) is 8.44. The van der Waals surface area contributed by atoms with Crippen molar-refractivity contribution in [3.63, 3.8) is 0 Å². The van der Waals surface area contributed by atoms with E-state index in [9.17, 15) is 0 Å². The predicted molar refractivity (Wildman–Crippen MR) is 59.2 cm³/mol. The molecule has 2 N–H and O–H groups in total. The molecule has 2 atom stereocenters. The predicted octanol–water partition coefficient (Wildman–Crippen LogP) is 2.32. The first kappa shape index (κ1) is 15.5. The summed E-state index contributed by atoms with van der Waals surface area (Å²) in [6, 6.07) is 0. The van der Waals surface area contributed by atoms with Crippen molar-refractivity contribution < 1.29 is 3.07 Å². The van der Waals surface area contributed by atoms with E-state index in [0.29, 0.717) is 4.06 Å². The molecular weight excluding hydrogens is 280 g/mol. The van der Waals surface area contributed by atoms with Gasteiger partial charge in [0, 0.05) is 0 Å². The van der Waals surface area contributed by atoms with Gasteiger partial charge in [-0.25, -0.2) is 0 Å². The van der Waals surface area contributed by atoms with Gasteiger partial charge in [-0.2, -0.15) is 0 Å². The van der Waals surface area contributed by atoms with Gasteiger partial charge in [0.25, 0.3) is 0 Å². The molecule has 4 heteroatoms. The number of halogens is 1. The smallest absolute Gasteiger partial charge is 0.147 e. The van der Waals surface area contributed by atoms with Gasteiger partial charge in [-0.05, 0) is 0 Å². The molecule has 0 aromatic carbocycles. The van der Waals surface area contributed by atoms with Crippen molar-refractivity contribution in [2.75, 3.05) is 6.61 Å². The van der Waals surface area contributed by atoms with E-state index in [2.05, 4.69) is 25.7 Å². The van der Waals surface area contributed by atoms with Crippen LogP contribution >= 0.6 is 12.4 Å². The molecule has 0 fully saturated rings. The van der Waals surface area contributed by atoms with Crippen molar-refractivity contribution >= 4 is 31.2 Å². The maximum absolute atomic E-state index is 5.91. The Hall–Kier alpha value is 1.01. The second-order valence-electron chi connectivity index (χ2n) is 3.28. The van der Waals surface area contributed by atoms with Crippen molar-refractivity contribution in [2.24, 2.45) is 5.73 Å². The fraction of sp³-hybridized carbons (Fsp3) is 1.00. The van der Waals surface area contributed by atoms with Crippen molar-refractivity contribution in [1.82, 2.24) is 0 Å². The summed E-state index contributed by atoms with van der Waals surface area (Å²) in [7, 11) is 0. The summed E-state index contributed by atoms with van der Waals surface area (Å²) in [6.07, 6.45) is 1.22. The molecule has 2 unspecified atom stereocenters. The Morgan fingerprint density at radius 2 is 1.92 bits per heavy atom. The van der Waals surface area contributed by atoms with E-state index in [1.807, 2.05) is 0 Å². The Balaban J connectivity index is 0. The maximum Gasteiger partial charge on any atom is -0.147 e. The summed E-state index contributed by atoms with van der Waals surface area (Å²) in [5, 5.41) is 0. The molecule has 2 nitrogen and oxygen atoms in total. The molecule has 0 aromatic rings. The summed E-state index contributed by atoms with van der Waals surface area (Å²) in [5.74, 6) is 0. The molecule has 0 spiro atoms. The van der Waals surface area contributed by atoms with Gasteiger partial charge in [0.15, 0.2) is 0 Å². The van der Waals surface area contributed by atoms with Gasteiger partial charge < -0.3 is 0 Å². The van der Waals surface area contributed by atoms with Crippen LogP contribution in [-0.2, 0) is 3.07 Å². The summed E-state index contributed by atoms with van der Waals surface area (Å²) < 4.78 is 7.39. The van der Waals surface area contributed by atoms with Gasteiger partial charge in [-0.3, -0.25) is 0 Å². The van der Waals surface area contributed by atoms with Crippen LogP contribution < -0.4 is 5.73 Å². The number of hydrogen-bond acceptors (Lipinski definition) is 2. The third-order valence-electron chi connectivity index (χ3n) is 2.18. The largest absolute Gasteiger partial charge is 0.147 e. The van der Waals surface area contributed by atoms with Crippen molar-refractivity contribution in [2.45, 2.75) is 40.6 Å². The van der Waals surface area contributed by atoms with Crippen LogP contribution in [-0.4, -0.2) is 29.5 Å². The maximum atomic E-state index is 5.91. The second-order valence-corrected chi connectivity index (χ2v) is 15.6. The van der Waals surface area contributed by atoms with Crippen LogP contribution in [0, 0.1) is 0 Å². The summed E-state index contributed by atoms with van der Waals surface area (Å²) >= 11 is -2.28. The average molecular weight is 302 g/mol. The average Bonchev–Trinajstić information content (AvgIpc) is 1.88. The fourth-order valence-electron chi connectivity index (χ4n) is 1.26. The van der Waals surface area contributed by atoms with Gasteiger partial charge in [0.05, 0.1) is 0 Å². The molecule has 0 aliphatic rings. The second kappa shape index (κ2) is 7.42. The topological polar surface area (TPSA) is 35.2 Å². The van der Waals surface area contributed by atoms with E-state index in [0.717, 1.165) is 6.61 Å². The van der Waals surface area contributed by atoms with Gasteiger partial charge >= 0.3 is 74.8 Å². The van der Waals surface area contributed by atoms with E-state index in [4.69, 9.17) is 8.81 Å². The first-order valence-electron chi connectivity index (χ1n) is 4.46. The molecule has 76 valence electrons. The molecule has 0 aliphatic heterocycles. The molecule has 0 bridgehead atoms. The number of hydrogen-bond donors (Lipinski definition) is 1. The zero-order valence-electron chi connectivity index (χ0n) is 8.59. The van der Waals surface area contributed by atoms with Crippen LogP contribution in [0.25, 0.3) is 0 Å². The van der Waals surface area contributed by atoms with Gasteiger partial charge in [-0.15, -0.1) is 12.4 Å². The molecular formula is C8H22ClNOSn. The van der Waals surface area contributed by atoms with Crippen molar-refractivity contribution in [3.8, 4) is 0 Å². The zero-order valence-corrected chi connectivity index (χ0v) is 12.3. The molecule has 0 aliphatic carbocycles. The SMILES string of the molecule is CC[CH2][Sn]([CH3])([O]CC)[CH](C)N.Cl. The van der Waals surface area contributed by atoms with Gasteiger partial charge in [-0.1, -0.05) is 0 Å². The van der Waals surface area contributed by atoms with Crippen LogP contribution in [0.4, 0.5) is 0 Å². The third-order valence-corrected chi connectivity index (χ3v) is 14.6. The Morgan fingerprint density at radius 3 is 2.17 bits per heavy atom. The number of nitrogens with two attached hydrogens (primary N) is 1. The quantitative estimate of drug-likeness (QED) is 0.791. The van der Waals surface area contributed by atoms with Crippen LogP contribution in [0.3, 0.4) is 0 Å². The first-order chi connectivity index (χ1) is 5.06. The standard InChI is InChI=1S/C3H7.C2H6N.C2H5O.CH3.ClH.Sn/c1-3-2;2*1-2-3;;;/h1,3H2,2H3;2H,3H2,1H3;2H2,1H3;1H3;1H;/q;;-1;;;+1. The third kappa shape index (κ3) is 4.90. The molecule has 0 aromatic heterocycles. The Morgan fingerprint density at radius 1 is 1.42 bits per heavy atom. The Kier molecular flexibility index (Phi) is 9.57. The minimum atomic E-state index is -2.28. The molecule has 0 saturated carbocycles. The van der Waals surface area contributed by atoms with E-state index in [1.54, 1.807) is 0 Å². The molecule has 0 heterocycles. The van der Waals surface area contributed by atoms with E-state index >= 15 is 0 Å². The normalized spacial score (nSPS) is 17.8. The first-order valence-corrected chi connectivity index (χ1v) is 12.1. The molecule has 0 rings (SSSR count). The zero-order chi connectivity index (χ0) is 8.91. The molecule has 0 radical (unpaired) electrons. The summed E-state index contributed by atoms with van der Waals surface area (Å²) in [4.78, 5) is 2.30. The van der Waals surface area contributed by atoms with Gasteiger partial charge in [0.2, 0.25) is 0 Å². The van der Waals surface area contributed by atoms with Crippen LogP contribution in [0.2, 0.25) is 9.38 Å². The molecule has 12 heavy (non-hydrogen) atoms. The van der Waals surface area contributed by atoms with E-state index in [1.165, 1.54) is 10.9 Å². The number of rotatable bonds is 5. The summed E-state index contributed by atoms with van der Waals surface area (Å²) in [6.45, 7) is 7.21. The van der Waals surface area contributed by atoms with Crippen molar-refractivity contribution in [3.05, 3.63) is 0 Å². The van der Waals surface area contributed by atoms with E-state index < -0.39 is 18.8 Å². The van der Waals surface area contributed by atoms with Crippen LogP contribution in [0.15, 0.2) is 0 Å². The Bertz CT molecular complexity index is 105. The minimum absolute atomic E-state index is 0. The van der Waals surface area contributed by atoms with Crippen molar-refractivity contribution in [1.29, 1.82) is 0 Å².